The molecule has 0 aliphatic carbocycles. The summed E-state index contributed by atoms with van der Waals surface area (Å²) in [5, 5.41) is 3.32. The number of rotatable bonds is 3. The number of halogens is 4. The van der Waals surface area contributed by atoms with Crippen molar-refractivity contribution in [2.45, 2.75) is 6.18 Å². The Labute approximate surface area is 132 Å². The van der Waals surface area contributed by atoms with Crippen molar-refractivity contribution in [2.24, 2.45) is 0 Å². The van der Waals surface area contributed by atoms with Crippen LogP contribution in [0.2, 0.25) is 0 Å². The first-order valence-electron chi connectivity index (χ1n) is 6.46. The van der Waals surface area contributed by atoms with Crippen LogP contribution in [0, 0.1) is 5.82 Å². The zero-order valence-corrected chi connectivity index (χ0v) is 12.2. The lowest BCUT2D eigenvalue weighted by Crippen LogP contribution is -2.04. The lowest BCUT2D eigenvalue weighted by atomic mass is 10.2. The van der Waals surface area contributed by atoms with Gasteiger partial charge >= 0.3 is 6.18 Å². The number of nitrogens with zero attached hydrogens (tertiary/aromatic N) is 2. The fraction of sp³-hybridized carbons (Fsp3) is 0.0667. The molecular weight excluding hydrogens is 330 g/mol. The minimum atomic E-state index is -4.36. The molecule has 0 atom stereocenters. The molecule has 0 saturated carbocycles. The Bertz CT molecular complexity index is 795. The largest absolute Gasteiger partial charge is 0.416 e. The quantitative estimate of drug-likeness (QED) is 0.674. The maximum atomic E-state index is 12.9. The Morgan fingerprint density at radius 1 is 0.913 bits per heavy atom. The molecule has 0 saturated heterocycles. The monoisotopic (exact) mass is 339 g/mol. The van der Waals surface area contributed by atoms with E-state index in [2.05, 4.69) is 14.7 Å². The Hall–Kier alpha value is -2.48. The topological polar surface area (TPSA) is 37.8 Å². The predicted octanol–water partition coefficient (Wildman–Crippen LogP) is 5.11. The van der Waals surface area contributed by atoms with E-state index in [0.717, 1.165) is 23.7 Å². The van der Waals surface area contributed by atoms with Gasteiger partial charge in [0, 0.05) is 22.8 Å². The molecule has 3 rings (SSSR count). The van der Waals surface area contributed by atoms with Crippen LogP contribution in [-0.2, 0) is 6.18 Å². The first-order valence-corrected chi connectivity index (χ1v) is 7.23. The van der Waals surface area contributed by atoms with Crippen molar-refractivity contribution in [2.75, 3.05) is 5.32 Å². The molecule has 0 radical (unpaired) electrons. The summed E-state index contributed by atoms with van der Waals surface area (Å²) in [6.07, 6.45) is -4.36. The van der Waals surface area contributed by atoms with Gasteiger partial charge in [0.05, 0.1) is 5.56 Å². The second kappa shape index (κ2) is 5.96. The number of aromatic nitrogens is 2. The molecule has 3 aromatic rings. The van der Waals surface area contributed by atoms with E-state index >= 15 is 0 Å². The van der Waals surface area contributed by atoms with Crippen molar-refractivity contribution < 1.29 is 17.6 Å². The summed E-state index contributed by atoms with van der Waals surface area (Å²) >= 11 is 1.06. The normalized spacial score (nSPS) is 11.5. The maximum absolute atomic E-state index is 12.9. The summed E-state index contributed by atoms with van der Waals surface area (Å²) < 4.78 is 54.5. The number of hydrogen-bond donors (Lipinski definition) is 1. The van der Waals surface area contributed by atoms with Gasteiger partial charge in [-0.15, -0.1) is 0 Å². The third-order valence-electron chi connectivity index (χ3n) is 2.99. The summed E-state index contributed by atoms with van der Waals surface area (Å²) in [5.74, 6) is 0.0662. The Morgan fingerprint density at radius 2 is 1.57 bits per heavy atom. The highest BCUT2D eigenvalue weighted by molar-refractivity contribution is 7.09. The number of anilines is 2. The number of benzene rings is 2. The molecule has 2 aromatic carbocycles. The van der Waals surface area contributed by atoms with Crippen molar-refractivity contribution in [3.63, 3.8) is 0 Å². The molecule has 118 valence electrons. The third-order valence-corrected chi connectivity index (χ3v) is 3.62. The SMILES string of the molecule is Fc1ccc(-c2nsc(Nc3ccc(C(F)(F)F)cc3)n2)cc1. The molecule has 0 unspecified atom stereocenters. The van der Waals surface area contributed by atoms with E-state index < -0.39 is 11.7 Å². The van der Waals surface area contributed by atoms with Crippen molar-refractivity contribution in [3.8, 4) is 11.4 Å². The summed E-state index contributed by atoms with van der Waals surface area (Å²) in [6.45, 7) is 0. The van der Waals surface area contributed by atoms with Gasteiger partial charge in [0.25, 0.3) is 0 Å². The average molecular weight is 339 g/mol. The average Bonchev–Trinajstić information content (AvgIpc) is 2.96. The van der Waals surface area contributed by atoms with Crippen molar-refractivity contribution in [3.05, 3.63) is 59.9 Å². The lowest BCUT2D eigenvalue weighted by molar-refractivity contribution is -0.137. The van der Waals surface area contributed by atoms with Gasteiger partial charge in [-0.2, -0.15) is 22.5 Å². The summed E-state index contributed by atoms with van der Waals surface area (Å²) in [7, 11) is 0. The smallest absolute Gasteiger partial charge is 0.330 e. The van der Waals surface area contributed by atoms with Crippen LogP contribution in [0.15, 0.2) is 48.5 Å². The maximum Gasteiger partial charge on any atom is 0.416 e. The van der Waals surface area contributed by atoms with Crippen LogP contribution in [0.5, 0.6) is 0 Å². The molecule has 3 nitrogen and oxygen atoms in total. The van der Waals surface area contributed by atoms with E-state index in [-0.39, 0.29) is 5.82 Å². The fourth-order valence-corrected chi connectivity index (χ4v) is 2.47. The van der Waals surface area contributed by atoms with E-state index in [4.69, 9.17) is 0 Å². The predicted molar refractivity (Wildman–Crippen MR) is 80.0 cm³/mol. The van der Waals surface area contributed by atoms with E-state index in [1.165, 1.54) is 24.3 Å². The number of nitrogens with one attached hydrogen (secondary N) is 1. The van der Waals surface area contributed by atoms with E-state index in [0.29, 0.717) is 22.2 Å². The third kappa shape index (κ3) is 3.65. The zero-order chi connectivity index (χ0) is 16.4. The standard InChI is InChI=1S/C15H9F4N3S/c16-11-5-1-9(2-6-11)13-21-14(23-22-13)20-12-7-3-10(4-8-12)15(17,18)19/h1-8H,(H,20,21,22). The number of hydrogen-bond acceptors (Lipinski definition) is 4. The van der Waals surface area contributed by atoms with Crippen LogP contribution < -0.4 is 5.32 Å². The fourth-order valence-electron chi connectivity index (χ4n) is 1.86. The van der Waals surface area contributed by atoms with Crippen molar-refractivity contribution >= 4 is 22.4 Å². The minimum Gasteiger partial charge on any atom is -0.330 e. The molecule has 8 heteroatoms. The van der Waals surface area contributed by atoms with Crippen LogP contribution in [0.4, 0.5) is 28.4 Å². The molecule has 0 aliphatic rings. The molecule has 0 amide bonds. The summed E-state index contributed by atoms with van der Waals surface area (Å²) in [4.78, 5) is 4.23. The number of alkyl halides is 3. The molecular formula is C15H9F4N3S. The Balaban J connectivity index is 1.75. The van der Waals surface area contributed by atoms with Gasteiger partial charge in [-0.25, -0.2) is 4.39 Å². The molecule has 0 bridgehead atoms. The molecule has 1 aromatic heterocycles. The Kier molecular flexibility index (Phi) is 3.99. The highest BCUT2D eigenvalue weighted by Crippen LogP contribution is 2.31. The van der Waals surface area contributed by atoms with Gasteiger partial charge in [-0.1, -0.05) is 0 Å². The van der Waals surface area contributed by atoms with Gasteiger partial charge in [0.2, 0.25) is 5.13 Å². The van der Waals surface area contributed by atoms with Gasteiger partial charge < -0.3 is 5.32 Å². The first-order chi connectivity index (χ1) is 10.9. The van der Waals surface area contributed by atoms with Crippen molar-refractivity contribution in [1.29, 1.82) is 0 Å². The van der Waals surface area contributed by atoms with Crippen molar-refractivity contribution in [1.82, 2.24) is 9.36 Å². The highest BCUT2D eigenvalue weighted by atomic mass is 32.1. The molecule has 0 spiro atoms. The molecule has 1 N–H and O–H groups in total. The van der Waals surface area contributed by atoms with Crippen LogP contribution >= 0.6 is 11.5 Å². The van der Waals surface area contributed by atoms with Crippen LogP contribution in [0.3, 0.4) is 0 Å². The van der Waals surface area contributed by atoms with Gasteiger partial charge in [-0.05, 0) is 48.5 Å². The molecule has 0 fully saturated rings. The second-order valence-electron chi connectivity index (χ2n) is 4.63. The van der Waals surface area contributed by atoms with Crippen LogP contribution in [0.25, 0.3) is 11.4 Å². The summed E-state index contributed by atoms with van der Waals surface area (Å²) in [5.41, 5.74) is 0.412. The lowest BCUT2D eigenvalue weighted by Gasteiger charge is -2.07. The minimum absolute atomic E-state index is 0.355. The highest BCUT2D eigenvalue weighted by Gasteiger charge is 2.29. The van der Waals surface area contributed by atoms with Gasteiger partial charge in [0.15, 0.2) is 5.82 Å². The zero-order valence-electron chi connectivity index (χ0n) is 11.4. The van der Waals surface area contributed by atoms with Gasteiger partial charge in [-0.3, -0.25) is 0 Å². The van der Waals surface area contributed by atoms with E-state index in [1.807, 2.05) is 0 Å². The molecule has 23 heavy (non-hydrogen) atoms. The Morgan fingerprint density at radius 3 is 2.17 bits per heavy atom. The van der Waals surface area contributed by atoms with Crippen LogP contribution in [0.1, 0.15) is 5.56 Å². The molecule has 0 aliphatic heterocycles. The van der Waals surface area contributed by atoms with Gasteiger partial charge in [0.1, 0.15) is 5.82 Å². The van der Waals surface area contributed by atoms with E-state index in [9.17, 15) is 17.6 Å². The second-order valence-corrected chi connectivity index (χ2v) is 5.38. The summed E-state index contributed by atoms with van der Waals surface area (Å²) in [6, 6.07) is 10.3. The first kappa shape index (κ1) is 15.4. The van der Waals surface area contributed by atoms with E-state index in [1.54, 1.807) is 12.1 Å². The molecule has 1 heterocycles. The van der Waals surface area contributed by atoms with Crippen LogP contribution in [-0.4, -0.2) is 9.36 Å².